The molecular weight excluding hydrogens is 1020 g/mol. The molecule has 0 aromatic carbocycles. The number of hydrogen-bond acceptors (Lipinski definition) is 24. The van der Waals surface area contributed by atoms with Gasteiger partial charge in [0.25, 0.3) is 0 Å². The summed E-state index contributed by atoms with van der Waals surface area (Å²) in [6.45, 7) is 9.01. The molecule has 8 rings (SSSR count). The van der Waals surface area contributed by atoms with Crippen molar-refractivity contribution in [3.05, 3.63) is 23.8 Å². The summed E-state index contributed by atoms with van der Waals surface area (Å²) in [5, 5.41) is 154. The number of allylic oxidation sites excluding steroid dienone is 2. The lowest BCUT2D eigenvalue weighted by atomic mass is 9.46. The lowest BCUT2D eigenvalue weighted by molar-refractivity contribution is -0.397. The third-order valence-corrected chi connectivity index (χ3v) is 19.0. The molecule has 0 aromatic heterocycles. The first kappa shape index (κ1) is 61.1. The zero-order valence-electron chi connectivity index (χ0n) is 44.6. The van der Waals surface area contributed by atoms with Gasteiger partial charge in [-0.1, -0.05) is 52.8 Å². The zero-order chi connectivity index (χ0) is 56.2. The van der Waals surface area contributed by atoms with Crippen molar-refractivity contribution in [1.29, 1.82) is 0 Å². The van der Waals surface area contributed by atoms with Crippen molar-refractivity contribution in [2.24, 2.45) is 52.3 Å². The second-order valence-corrected chi connectivity index (χ2v) is 23.8. The number of carbonyl (C=O) groups excluding carboxylic acids is 1. The molecule has 0 radical (unpaired) electrons. The Hall–Kier alpha value is -1.93. The molecule has 4 aliphatic carbocycles. The Labute approximate surface area is 448 Å². The van der Waals surface area contributed by atoms with Gasteiger partial charge in [-0.25, -0.2) is 0 Å². The van der Waals surface area contributed by atoms with E-state index in [0.717, 1.165) is 25.3 Å². The molecule has 0 aromatic rings. The van der Waals surface area contributed by atoms with E-state index in [1.165, 1.54) is 0 Å². The summed E-state index contributed by atoms with van der Waals surface area (Å²) in [6, 6.07) is 0. The summed E-state index contributed by atoms with van der Waals surface area (Å²) in [6.07, 6.45) is -27.3. The van der Waals surface area contributed by atoms with Gasteiger partial charge in [0.2, 0.25) is 0 Å². The Balaban J connectivity index is 1.07. The SMILES string of the molecule is CC(=O)OC[C@H]1O[C@@H](O[C@H]2CC[C@@]3(C)C(=CC[C@H]4[C@@H]5[C@@H](O)C[C@H]([C@@H](/C=C/[C@H](C)C(C)C)CO)[C@@]5(C)CC[C@@H]43)[C@H]2O)[C@H](O)[C@@H](O[C@@H]2OC[C@@H](O)[C@@H](O)[C@@H]2O[C@H]2O[C@H](CO)[C@H](O)[C@H](O)[C@H]2O)[C@@H]1O[C@@H]1O[C@H](CO)[C@H](O)[C@H](O)[C@H]1O. The number of ether oxygens (including phenoxy) is 9. The van der Waals surface area contributed by atoms with Gasteiger partial charge in [-0.05, 0) is 90.4 Å². The Morgan fingerprint density at radius 2 is 1.26 bits per heavy atom. The van der Waals surface area contributed by atoms with E-state index < -0.39 is 173 Å². The van der Waals surface area contributed by atoms with Gasteiger partial charge in [0.05, 0.1) is 32.0 Å². The van der Waals surface area contributed by atoms with Crippen LogP contribution in [0.25, 0.3) is 0 Å². The number of carbonyl (C=O) groups is 1. The van der Waals surface area contributed by atoms with Crippen LogP contribution in [0.1, 0.15) is 80.1 Å². The molecule has 4 aliphatic heterocycles. The summed E-state index contributed by atoms with van der Waals surface area (Å²) in [5.41, 5.74) is -0.0346. The fourth-order valence-corrected chi connectivity index (χ4v) is 14.2. The Bertz CT molecular complexity index is 2010. The molecule has 24 heteroatoms. The van der Waals surface area contributed by atoms with E-state index in [1.54, 1.807) is 0 Å². The van der Waals surface area contributed by atoms with Gasteiger partial charge >= 0.3 is 5.97 Å². The monoisotopic (exact) mass is 1110 g/mol. The van der Waals surface area contributed by atoms with Gasteiger partial charge in [-0.2, -0.15) is 0 Å². The average Bonchev–Trinajstić information content (AvgIpc) is 3.85. The van der Waals surface area contributed by atoms with Crippen LogP contribution in [-0.2, 0) is 47.4 Å². The molecule has 7 fully saturated rings. The molecule has 442 valence electrons. The second-order valence-electron chi connectivity index (χ2n) is 23.8. The van der Waals surface area contributed by atoms with Crippen LogP contribution in [0.15, 0.2) is 23.8 Å². The lowest BCUT2D eigenvalue weighted by Crippen LogP contribution is -2.68. The molecule has 3 saturated carbocycles. The maximum absolute atomic E-state index is 12.5. The zero-order valence-corrected chi connectivity index (χ0v) is 44.6. The summed E-state index contributed by atoms with van der Waals surface area (Å²) >= 11 is 0. The van der Waals surface area contributed by atoms with E-state index in [4.69, 9.17) is 42.6 Å². The van der Waals surface area contributed by atoms with Crippen LogP contribution in [0, 0.1) is 52.3 Å². The number of fused-ring (bicyclic) bond motifs is 5. The fraction of sp³-hybridized carbons (Fsp3) is 0.906. The molecule has 0 unspecified atom stereocenters. The largest absolute Gasteiger partial charge is 0.463 e. The second kappa shape index (κ2) is 24.9. The van der Waals surface area contributed by atoms with Gasteiger partial charge in [0.1, 0.15) is 104 Å². The van der Waals surface area contributed by atoms with Crippen LogP contribution in [0.3, 0.4) is 0 Å². The topological polar surface area (TPSA) is 383 Å². The number of esters is 1. The van der Waals surface area contributed by atoms with Gasteiger partial charge in [-0.15, -0.1) is 0 Å². The molecule has 0 amide bonds. The van der Waals surface area contributed by atoms with Gasteiger partial charge in [0, 0.05) is 19.4 Å². The third kappa shape index (κ3) is 11.9. The summed E-state index contributed by atoms with van der Waals surface area (Å²) in [4.78, 5) is 12.4. The van der Waals surface area contributed by atoms with Crippen LogP contribution in [0.5, 0.6) is 0 Å². The van der Waals surface area contributed by atoms with Gasteiger partial charge in [0.15, 0.2) is 25.2 Å². The average molecular weight is 1110 g/mol. The molecule has 8 aliphatic rings. The maximum atomic E-state index is 12.5. The molecule has 4 saturated heterocycles. The maximum Gasteiger partial charge on any atom is 0.302 e. The van der Waals surface area contributed by atoms with E-state index in [-0.39, 0.29) is 48.0 Å². The molecule has 4 heterocycles. The van der Waals surface area contributed by atoms with Gasteiger partial charge < -0.3 is 114 Å². The van der Waals surface area contributed by atoms with E-state index in [1.807, 2.05) is 6.08 Å². The van der Waals surface area contributed by atoms with Crippen LogP contribution in [0.4, 0.5) is 0 Å². The Kier molecular flexibility index (Phi) is 19.8. The Morgan fingerprint density at radius 1 is 0.675 bits per heavy atom. The number of aliphatic hydroxyl groups excluding tert-OH is 14. The van der Waals surface area contributed by atoms with Crippen LogP contribution >= 0.6 is 0 Å². The third-order valence-electron chi connectivity index (χ3n) is 19.0. The van der Waals surface area contributed by atoms with Crippen LogP contribution < -0.4 is 0 Å². The minimum atomic E-state index is -2.01. The van der Waals surface area contributed by atoms with Crippen LogP contribution in [0.2, 0.25) is 0 Å². The predicted molar refractivity (Wildman–Crippen MR) is 262 cm³/mol. The van der Waals surface area contributed by atoms with E-state index >= 15 is 0 Å². The first-order chi connectivity index (χ1) is 36.4. The number of aliphatic hydroxyl groups is 14. The minimum absolute atomic E-state index is 0.0186. The van der Waals surface area contributed by atoms with Crippen molar-refractivity contribution in [3.8, 4) is 0 Å². The van der Waals surface area contributed by atoms with Crippen LogP contribution in [-0.4, -0.2) is 246 Å². The molecule has 30 atom stereocenters. The summed E-state index contributed by atoms with van der Waals surface area (Å²) < 4.78 is 53.7. The highest BCUT2D eigenvalue weighted by Gasteiger charge is 2.64. The number of hydrogen-bond donors (Lipinski definition) is 14. The highest BCUT2D eigenvalue weighted by Crippen LogP contribution is 2.67. The summed E-state index contributed by atoms with van der Waals surface area (Å²) in [5.74, 6) is 0.0546. The predicted octanol–water partition coefficient (Wildman–Crippen LogP) is -3.17. The van der Waals surface area contributed by atoms with Gasteiger partial charge in [-0.3, -0.25) is 4.79 Å². The minimum Gasteiger partial charge on any atom is -0.463 e. The fourth-order valence-electron chi connectivity index (χ4n) is 14.2. The normalized spacial score (nSPS) is 50.1. The molecule has 77 heavy (non-hydrogen) atoms. The quantitative estimate of drug-likeness (QED) is 0.0505. The van der Waals surface area contributed by atoms with E-state index in [9.17, 15) is 76.3 Å². The number of rotatable bonds is 17. The molecule has 24 nitrogen and oxygen atoms in total. The lowest BCUT2D eigenvalue weighted by Gasteiger charge is -2.59. The smallest absolute Gasteiger partial charge is 0.302 e. The van der Waals surface area contributed by atoms with Crippen molar-refractivity contribution >= 4 is 5.97 Å². The van der Waals surface area contributed by atoms with Crippen molar-refractivity contribution in [2.75, 3.05) is 33.0 Å². The first-order valence-electron chi connectivity index (χ1n) is 27.4. The first-order valence-corrected chi connectivity index (χ1v) is 27.4. The molecular formula is C53H86O24. The molecule has 0 bridgehead atoms. The summed E-state index contributed by atoms with van der Waals surface area (Å²) in [7, 11) is 0. The van der Waals surface area contributed by atoms with Crippen molar-refractivity contribution in [3.63, 3.8) is 0 Å². The highest BCUT2D eigenvalue weighted by molar-refractivity contribution is 5.65. The van der Waals surface area contributed by atoms with Crippen molar-refractivity contribution < 1.29 is 119 Å². The van der Waals surface area contributed by atoms with E-state index in [0.29, 0.717) is 31.1 Å². The van der Waals surface area contributed by atoms with E-state index in [2.05, 4.69) is 46.8 Å². The standard InChI is InChI=1S/C53H86O24/c1-21(2)22(3)7-8-24(16-54)28-15-29(58)35-25-9-10-27-36(60)31(12-14-52(27,5)26(25)11-13-53(28,35)6)71-50-44(68)46(45(34(74-50)20-69-23(4)57)75-48-42(66)40(64)38(62)32(17-55)72-48)76-51-47(37(61)30(59)19-70-51)77-49-43(67)41(65)39(63)33(18-56)73-49/h7-8,10,21-22,24-26,28-51,54-56,58-68H,9,11-20H2,1-6H3/b8-7+/t22-,24-,25+,26-,28+,29-,30+,31-,32+,33+,34+,35+,36+,37+,38-,39-,40-,41-,42+,43+,44+,45+,46+,47-,48-,49+,50+,51-,52+,53+/m0/s1. The molecule has 0 spiro atoms. The molecule has 14 N–H and O–H groups in total. The highest BCUT2D eigenvalue weighted by atomic mass is 16.8. The van der Waals surface area contributed by atoms with Crippen molar-refractivity contribution in [1.82, 2.24) is 0 Å². The van der Waals surface area contributed by atoms with Crippen molar-refractivity contribution in [2.45, 2.75) is 215 Å². The Morgan fingerprint density at radius 3 is 1.84 bits per heavy atom.